The van der Waals surface area contributed by atoms with E-state index in [1.54, 1.807) is 42.5 Å². The first-order chi connectivity index (χ1) is 15.1. The topological polar surface area (TPSA) is 76.1 Å². The lowest BCUT2D eigenvalue weighted by Gasteiger charge is -2.27. The molecule has 2 atom stereocenters. The molecule has 2 aromatic carbocycles. The van der Waals surface area contributed by atoms with Crippen LogP contribution < -0.4 is 4.74 Å². The normalized spacial score (nSPS) is 22.6. The van der Waals surface area contributed by atoms with E-state index in [9.17, 15) is 14.7 Å². The van der Waals surface area contributed by atoms with Gasteiger partial charge in [0.1, 0.15) is 18.1 Å². The number of nitrogens with zero attached hydrogens (tertiary/aromatic N) is 1. The van der Waals surface area contributed by atoms with E-state index < -0.39 is 17.7 Å². The number of hydrogen-bond acceptors (Lipinski definition) is 5. The second-order valence-corrected chi connectivity index (χ2v) is 7.62. The summed E-state index contributed by atoms with van der Waals surface area (Å²) in [7, 11) is 0. The predicted molar refractivity (Wildman–Crippen MR) is 117 cm³/mol. The highest BCUT2D eigenvalue weighted by Crippen LogP contribution is 2.40. The summed E-state index contributed by atoms with van der Waals surface area (Å²) in [6, 6.07) is 15.3. The standard InChI is InChI=1S/C25H25NO5/c1-2-14-30-19-12-10-17(11-13-19)22-21(23(27)18-7-4-3-5-8-18)24(28)25(29)26(22)16-20-9-6-15-31-20/h2-5,7-8,10-13,20,22,27H,1,6,9,14-16H2. The van der Waals surface area contributed by atoms with E-state index in [-0.39, 0.29) is 17.4 Å². The van der Waals surface area contributed by atoms with Gasteiger partial charge < -0.3 is 19.5 Å². The number of benzene rings is 2. The summed E-state index contributed by atoms with van der Waals surface area (Å²) in [5.41, 5.74) is 1.31. The summed E-state index contributed by atoms with van der Waals surface area (Å²) in [5, 5.41) is 11.0. The number of ketones is 1. The van der Waals surface area contributed by atoms with Crippen LogP contribution in [-0.4, -0.2) is 47.6 Å². The minimum atomic E-state index is -0.696. The maximum atomic E-state index is 13.0. The summed E-state index contributed by atoms with van der Waals surface area (Å²) >= 11 is 0. The molecule has 0 radical (unpaired) electrons. The Hall–Kier alpha value is -3.38. The molecule has 2 aliphatic heterocycles. The average Bonchev–Trinajstić information content (AvgIpc) is 3.41. The molecule has 31 heavy (non-hydrogen) atoms. The summed E-state index contributed by atoms with van der Waals surface area (Å²) in [6.45, 7) is 4.97. The molecule has 0 spiro atoms. The second kappa shape index (κ2) is 9.18. The van der Waals surface area contributed by atoms with Crippen LogP contribution in [0.4, 0.5) is 0 Å². The largest absolute Gasteiger partial charge is 0.507 e. The van der Waals surface area contributed by atoms with E-state index in [2.05, 4.69) is 6.58 Å². The second-order valence-electron chi connectivity index (χ2n) is 7.62. The molecule has 2 aromatic rings. The van der Waals surface area contributed by atoms with Gasteiger partial charge in [0.15, 0.2) is 0 Å². The van der Waals surface area contributed by atoms with Gasteiger partial charge in [-0.2, -0.15) is 0 Å². The number of amides is 1. The molecule has 2 saturated heterocycles. The van der Waals surface area contributed by atoms with E-state index in [1.807, 2.05) is 18.2 Å². The van der Waals surface area contributed by atoms with Gasteiger partial charge in [-0.1, -0.05) is 55.1 Å². The molecule has 4 rings (SSSR count). The molecule has 2 fully saturated rings. The van der Waals surface area contributed by atoms with Crippen LogP contribution in [0.5, 0.6) is 5.75 Å². The smallest absolute Gasteiger partial charge is 0.295 e. The minimum Gasteiger partial charge on any atom is -0.507 e. The third-order valence-corrected chi connectivity index (χ3v) is 5.58. The fourth-order valence-electron chi connectivity index (χ4n) is 4.08. The minimum absolute atomic E-state index is 0.0916. The highest BCUT2D eigenvalue weighted by atomic mass is 16.5. The van der Waals surface area contributed by atoms with Crippen LogP contribution in [0, 0.1) is 0 Å². The Bertz CT molecular complexity index is 990. The Morgan fingerprint density at radius 1 is 1.16 bits per heavy atom. The number of likely N-dealkylation sites (tertiary alicyclic amines) is 1. The van der Waals surface area contributed by atoms with Crippen LogP contribution in [0.2, 0.25) is 0 Å². The monoisotopic (exact) mass is 419 g/mol. The van der Waals surface area contributed by atoms with Crippen LogP contribution in [0.1, 0.15) is 30.0 Å². The van der Waals surface area contributed by atoms with Gasteiger partial charge in [-0.25, -0.2) is 0 Å². The molecule has 2 unspecified atom stereocenters. The molecule has 1 amide bonds. The fourth-order valence-corrected chi connectivity index (χ4v) is 4.08. The van der Waals surface area contributed by atoms with Gasteiger partial charge in [-0.3, -0.25) is 9.59 Å². The van der Waals surface area contributed by atoms with Crippen molar-refractivity contribution in [2.45, 2.75) is 25.0 Å². The summed E-state index contributed by atoms with van der Waals surface area (Å²) in [5.74, 6) is -0.824. The zero-order chi connectivity index (χ0) is 21.8. The fraction of sp³-hybridized carbons (Fsp3) is 0.280. The SMILES string of the molecule is C=CCOc1ccc(C2C(=C(O)c3ccccc3)C(=O)C(=O)N2CC2CCCO2)cc1. The van der Waals surface area contributed by atoms with Gasteiger partial charge in [0.05, 0.1) is 17.7 Å². The maximum absolute atomic E-state index is 13.0. The highest BCUT2D eigenvalue weighted by Gasteiger charge is 2.47. The molecular weight excluding hydrogens is 394 g/mol. The summed E-state index contributed by atoms with van der Waals surface area (Å²) in [4.78, 5) is 27.5. The van der Waals surface area contributed by atoms with E-state index in [0.29, 0.717) is 31.1 Å². The molecule has 2 aliphatic rings. The predicted octanol–water partition coefficient (Wildman–Crippen LogP) is 3.85. The Kier molecular flexibility index (Phi) is 6.18. The third kappa shape index (κ3) is 4.25. The number of aliphatic hydroxyl groups is 1. The van der Waals surface area contributed by atoms with Crippen molar-refractivity contribution < 1.29 is 24.2 Å². The first-order valence-corrected chi connectivity index (χ1v) is 10.4. The molecule has 0 bridgehead atoms. The Morgan fingerprint density at radius 3 is 2.55 bits per heavy atom. The van der Waals surface area contributed by atoms with Crippen molar-refractivity contribution in [1.29, 1.82) is 0 Å². The van der Waals surface area contributed by atoms with E-state index in [1.165, 1.54) is 4.90 Å². The molecule has 0 aromatic heterocycles. The first kappa shape index (κ1) is 20.9. The number of ether oxygens (including phenoxy) is 2. The van der Waals surface area contributed by atoms with Crippen LogP contribution in [-0.2, 0) is 14.3 Å². The van der Waals surface area contributed by atoms with Crippen LogP contribution in [0.15, 0.2) is 72.8 Å². The first-order valence-electron chi connectivity index (χ1n) is 10.4. The average molecular weight is 419 g/mol. The van der Waals surface area contributed by atoms with Crippen molar-refractivity contribution in [3.8, 4) is 5.75 Å². The van der Waals surface area contributed by atoms with E-state index in [0.717, 1.165) is 18.4 Å². The summed E-state index contributed by atoms with van der Waals surface area (Å²) in [6.07, 6.45) is 3.30. The van der Waals surface area contributed by atoms with Gasteiger partial charge in [0, 0.05) is 18.7 Å². The Morgan fingerprint density at radius 2 is 1.90 bits per heavy atom. The van der Waals surface area contributed by atoms with Crippen LogP contribution in [0.25, 0.3) is 5.76 Å². The molecule has 2 heterocycles. The van der Waals surface area contributed by atoms with Crippen molar-refractivity contribution in [3.63, 3.8) is 0 Å². The number of carbonyl (C=O) groups is 2. The van der Waals surface area contributed by atoms with Crippen molar-refractivity contribution >= 4 is 17.4 Å². The van der Waals surface area contributed by atoms with Gasteiger partial charge in [-0.05, 0) is 30.5 Å². The van der Waals surface area contributed by atoms with Gasteiger partial charge in [0.2, 0.25) is 0 Å². The van der Waals surface area contributed by atoms with Crippen molar-refractivity contribution in [1.82, 2.24) is 4.90 Å². The van der Waals surface area contributed by atoms with Crippen molar-refractivity contribution in [2.24, 2.45) is 0 Å². The lowest BCUT2D eigenvalue weighted by molar-refractivity contribution is -0.140. The number of carbonyl (C=O) groups excluding carboxylic acids is 2. The van der Waals surface area contributed by atoms with Gasteiger partial charge >= 0.3 is 0 Å². The molecule has 1 N–H and O–H groups in total. The number of hydrogen-bond donors (Lipinski definition) is 1. The zero-order valence-electron chi connectivity index (χ0n) is 17.2. The summed E-state index contributed by atoms with van der Waals surface area (Å²) < 4.78 is 11.3. The Labute approximate surface area is 181 Å². The van der Waals surface area contributed by atoms with Crippen LogP contribution >= 0.6 is 0 Å². The molecule has 0 saturated carbocycles. The van der Waals surface area contributed by atoms with Crippen LogP contribution in [0.3, 0.4) is 0 Å². The van der Waals surface area contributed by atoms with E-state index in [4.69, 9.17) is 9.47 Å². The van der Waals surface area contributed by atoms with Crippen molar-refractivity contribution in [2.75, 3.05) is 19.8 Å². The van der Waals surface area contributed by atoms with Gasteiger partial charge in [0.25, 0.3) is 11.7 Å². The van der Waals surface area contributed by atoms with E-state index >= 15 is 0 Å². The highest BCUT2D eigenvalue weighted by molar-refractivity contribution is 6.46. The third-order valence-electron chi connectivity index (χ3n) is 5.58. The molecule has 0 aliphatic carbocycles. The maximum Gasteiger partial charge on any atom is 0.295 e. The molecular formula is C25H25NO5. The lowest BCUT2D eigenvalue weighted by atomic mass is 9.95. The quantitative estimate of drug-likeness (QED) is 0.319. The molecule has 6 heteroatoms. The van der Waals surface area contributed by atoms with Gasteiger partial charge in [-0.15, -0.1) is 0 Å². The molecule has 160 valence electrons. The lowest BCUT2D eigenvalue weighted by Crippen LogP contribution is -2.36. The number of aliphatic hydroxyl groups excluding tert-OH is 1. The zero-order valence-corrected chi connectivity index (χ0v) is 17.2. The number of Topliss-reactive ketones (excluding diaryl/α,β-unsaturated/α-hetero) is 1. The molecule has 6 nitrogen and oxygen atoms in total. The van der Waals surface area contributed by atoms with Crippen molar-refractivity contribution in [3.05, 3.63) is 84.0 Å². The Balaban J connectivity index is 1.76. The number of rotatable bonds is 7.